The minimum absolute atomic E-state index is 0.0757. The minimum atomic E-state index is -4.40. The summed E-state index contributed by atoms with van der Waals surface area (Å²) in [4.78, 5) is 0. The number of alkyl halides is 3. The van der Waals surface area contributed by atoms with Gasteiger partial charge < -0.3 is 5.73 Å². The van der Waals surface area contributed by atoms with Gasteiger partial charge in [0, 0.05) is 6.54 Å². The van der Waals surface area contributed by atoms with Crippen LogP contribution in [0.5, 0.6) is 0 Å². The summed E-state index contributed by atoms with van der Waals surface area (Å²) in [6.45, 7) is 1.39. The first-order chi connectivity index (χ1) is 6.90. The Labute approximate surface area is 85.1 Å². The van der Waals surface area contributed by atoms with Gasteiger partial charge in [0.1, 0.15) is 0 Å². The Hall–Kier alpha value is -1.54. The molecule has 0 atom stereocenters. The molecule has 0 aliphatic carbocycles. The van der Waals surface area contributed by atoms with Crippen molar-refractivity contribution in [2.75, 3.05) is 0 Å². The molecule has 0 saturated heterocycles. The quantitative estimate of drug-likeness (QED) is 0.780. The van der Waals surface area contributed by atoms with E-state index in [9.17, 15) is 13.2 Å². The Balaban J connectivity index is 3.40. The van der Waals surface area contributed by atoms with E-state index < -0.39 is 11.7 Å². The molecule has 0 unspecified atom stereocenters. The highest BCUT2D eigenvalue weighted by Crippen LogP contribution is 2.31. The van der Waals surface area contributed by atoms with Crippen LogP contribution in [0.1, 0.15) is 22.3 Å². The highest BCUT2D eigenvalue weighted by atomic mass is 19.4. The van der Waals surface area contributed by atoms with Gasteiger partial charge in [0.15, 0.2) is 0 Å². The Morgan fingerprint density at radius 1 is 1.40 bits per heavy atom. The summed E-state index contributed by atoms with van der Waals surface area (Å²) in [6, 6.07) is 3.72. The molecule has 1 aromatic rings. The molecule has 2 N–H and O–H groups in total. The second kappa shape index (κ2) is 3.91. The van der Waals surface area contributed by atoms with E-state index in [0.717, 1.165) is 12.1 Å². The van der Waals surface area contributed by atoms with Crippen LogP contribution in [-0.4, -0.2) is 0 Å². The van der Waals surface area contributed by atoms with Crippen LogP contribution in [0.4, 0.5) is 13.2 Å². The van der Waals surface area contributed by atoms with Crippen LogP contribution in [0, 0.1) is 18.3 Å². The number of hydrogen-bond donors (Lipinski definition) is 1. The fourth-order valence-corrected chi connectivity index (χ4v) is 1.34. The molecule has 0 aromatic heterocycles. The summed E-state index contributed by atoms with van der Waals surface area (Å²) in [7, 11) is 0. The maximum Gasteiger partial charge on any atom is 0.416 e. The number of aryl methyl sites for hydroxylation is 1. The summed E-state index contributed by atoms with van der Waals surface area (Å²) < 4.78 is 37.2. The number of benzene rings is 1. The molecule has 1 rings (SSSR count). The van der Waals surface area contributed by atoms with Gasteiger partial charge in [-0.3, -0.25) is 0 Å². The Kier molecular flexibility index (Phi) is 3.01. The molecule has 0 heterocycles. The van der Waals surface area contributed by atoms with Gasteiger partial charge in [-0.1, -0.05) is 0 Å². The van der Waals surface area contributed by atoms with Crippen molar-refractivity contribution < 1.29 is 13.2 Å². The third-order valence-electron chi connectivity index (χ3n) is 2.08. The smallest absolute Gasteiger partial charge is 0.326 e. The van der Waals surface area contributed by atoms with Crippen molar-refractivity contribution in [3.8, 4) is 6.07 Å². The van der Waals surface area contributed by atoms with E-state index in [4.69, 9.17) is 11.0 Å². The molecule has 0 amide bonds. The summed E-state index contributed by atoms with van der Waals surface area (Å²) in [5, 5.41) is 8.74. The third-order valence-corrected chi connectivity index (χ3v) is 2.08. The lowest BCUT2D eigenvalue weighted by Crippen LogP contribution is -2.09. The normalized spacial score (nSPS) is 11.2. The SMILES string of the molecule is Cc1cc(C(F)(F)F)cc(CN)c1C#N. The van der Waals surface area contributed by atoms with Crippen LogP contribution in [0.3, 0.4) is 0 Å². The van der Waals surface area contributed by atoms with E-state index in [1.54, 1.807) is 0 Å². The molecule has 0 saturated carbocycles. The second-order valence-corrected chi connectivity index (χ2v) is 3.14. The van der Waals surface area contributed by atoms with Crippen LogP contribution in [0.2, 0.25) is 0 Å². The first-order valence-corrected chi connectivity index (χ1v) is 4.21. The first-order valence-electron chi connectivity index (χ1n) is 4.21. The summed E-state index contributed by atoms with van der Waals surface area (Å²) >= 11 is 0. The molecular weight excluding hydrogens is 205 g/mol. The molecule has 15 heavy (non-hydrogen) atoms. The average Bonchev–Trinajstić information content (AvgIpc) is 2.15. The van der Waals surface area contributed by atoms with Crippen molar-refractivity contribution in [1.82, 2.24) is 0 Å². The molecular formula is C10H9F3N2. The monoisotopic (exact) mass is 214 g/mol. The Morgan fingerprint density at radius 2 is 2.00 bits per heavy atom. The fraction of sp³-hybridized carbons (Fsp3) is 0.300. The van der Waals surface area contributed by atoms with Crippen molar-refractivity contribution in [3.63, 3.8) is 0 Å². The number of halogens is 3. The number of nitriles is 1. The van der Waals surface area contributed by atoms with Crippen LogP contribution in [0.15, 0.2) is 12.1 Å². The predicted molar refractivity (Wildman–Crippen MR) is 48.8 cm³/mol. The van der Waals surface area contributed by atoms with E-state index >= 15 is 0 Å². The topological polar surface area (TPSA) is 49.8 Å². The van der Waals surface area contributed by atoms with Gasteiger partial charge in [0.05, 0.1) is 17.2 Å². The molecule has 5 heteroatoms. The lowest BCUT2D eigenvalue weighted by atomic mass is 9.99. The molecule has 0 bridgehead atoms. The largest absolute Gasteiger partial charge is 0.416 e. The fourth-order valence-electron chi connectivity index (χ4n) is 1.34. The van der Waals surface area contributed by atoms with E-state index in [-0.39, 0.29) is 17.7 Å². The number of nitrogens with zero attached hydrogens (tertiary/aromatic N) is 1. The average molecular weight is 214 g/mol. The van der Waals surface area contributed by atoms with E-state index in [0.29, 0.717) is 5.56 Å². The van der Waals surface area contributed by atoms with Crippen molar-refractivity contribution in [2.45, 2.75) is 19.6 Å². The van der Waals surface area contributed by atoms with E-state index in [2.05, 4.69) is 0 Å². The molecule has 0 radical (unpaired) electrons. The maximum absolute atomic E-state index is 12.4. The Morgan fingerprint density at radius 3 is 2.40 bits per heavy atom. The van der Waals surface area contributed by atoms with E-state index in [1.165, 1.54) is 6.92 Å². The predicted octanol–water partition coefficient (Wildman–Crippen LogP) is 2.34. The van der Waals surface area contributed by atoms with Gasteiger partial charge >= 0.3 is 6.18 Å². The third kappa shape index (κ3) is 2.28. The van der Waals surface area contributed by atoms with Crippen LogP contribution >= 0.6 is 0 Å². The molecule has 0 aliphatic heterocycles. The zero-order valence-electron chi connectivity index (χ0n) is 8.02. The van der Waals surface area contributed by atoms with Crippen molar-refractivity contribution in [3.05, 3.63) is 34.4 Å². The van der Waals surface area contributed by atoms with E-state index in [1.807, 2.05) is 6.07 Å². The van der Waals surface area contributed by atoms with Gasteiger partial charge in [0.2, 0.25) is 0 Å². The van der Waals surface area contributed by atoms with Crippen LogP contribution in [0.25, 0.3) is 0 Å². The van der Waals surface area contributed by atoms with Crippen molar-refractivity contribution >= 4 is 0 Å². The molecule has 1 aromatic carbocycles. The molecule has 0 fully saturated rings. The molecule has 2 nitrogen and oxygen atoms in total. The highest BCUT2D eigenvalue weighted by Gasteiger charge is 2.31. The summed E-state index contributed by atoms with van der Waals surface area (Å²) in [5.41, 5.74) is 5.28. The first kappa shape index (κ1) is 11.5. The van der Waals surface area contributed by atoms with Gasteiger partial charge in [-0.25, -0.2) is 0 Å². The summed E-state index contributed by atoms with van der Waals surface area (Å²) in [6.07, 6.45) is -4.40. The van der Waals surface area contributed by atoms with Crippen LogP contribution in [-0.2, 0) is 12.7 Å². The lowest BCUT2D eigenvalue weighted by Gasteiger charge is -2.11. The zero-order chi connectivity index (χ0) is 11.6. The second-order valence-electron chi connectivity index (χ2n) is 3.14. The van der Waals surface area contributed by atoms with Crippen LogP contribution < -0.4 is 5.73 Å². The van der Waals surface area contributed by atoms with Gasteiger partial charge in [0.25, 0.3) is 0 Å². The highest BCUT2D eigenvalue weighted by molar-refractivity contribution is 5.47. The lowest BCUT2D eigenvalue weighted by molar-refractivity contribution is -0.137. The molecule has 80 valence electrons. The van der Waals surface area contributed by atoms with Gasteiger partial charge in [-0.05, 0) is 30.2 Å². The molecule has 0 spiro atoms. The van der Waals surface area contributed by atoms with Crippen molar-refractivity contribution in [2.24, 2.45) is 5.73 Å². The number of rotatable bonds is 1. The zero-order valence-corrected chi connectivity index (χ0v) is 8.02. The van der Waals surface area contributed by atoms with Gasteiger partial charge in [-0.2, -0.15) is 18.4 Å². The summed E-state index contributed by atoms with van der Waals surface area (Å²) in [5.74, 6) is 0. The number of hydrogen-bond acceptors (Lipinski definition) is 2. The molecule has 0 aliphatic rings. The number of nitrogens with two attached hydrogens (primary N) is 1. The Bertz CT molecular complexity index is 416. The maximum atomic E-state index is 12.4. The standard InChI is InChI=1S/C10H9F3N2/c1-6-2-8(10(11,12)13)3-7(4-14)9(6)5-15/h2-3H,4,14H2,1H3. The van der Waals surface area contributed by atoms with Crippen molar-refractivity contribution in [1.29, 1.82) is 5.26 Å². The minimum Gasteiger partial charge on any atom is -0.326 e. The van der Waals surface area contributed by atoms with Gasteiger partial charge in [-0.15, -0.1) is 0 Å².